The Labute approximate surface area is 60.1 Å². The lowest BCUT2D eigenvalue weighted by Crippen LogP contribution is -2.29. The molecule has 2 nitrogen and oxygen atoms in total. The zero-order valence-corrected chi connectivity index (χ0v) is 6.35. The molecular formula is C7H13FO2. The Hall–Kier alpha value is -0.600. The van der Waals surface area contributed by atoms with E-state index in [1.54, 1.807) is 0 Å². The summed E-state index contributed by atoms with van der Waals surface area (Å²) in [7, 11) is 0. The van der Waals surface area contributed by atoms with E-state index in [1.165, 1.54) is 0 Å². The number of hydrogen-bond donors (Lipinski definition) is 1. The smallest absolute Gasteiger partial charge is 0.341 e. The lowest BCUT2D eigenvalue weighted by atomic mass is 10.0. The van der Waals surface area contributed by atoms with Crippen molar-refractivity contribution < 1.29 is 14.3 Å². The van der Waals surface area contributed by atoms with Crippen molar-refractivity contribution in [3.63, 3.8) is 0 Å². The minimum absolute atomic E-state index is 0.110. The molecule has 0 aliphatic rings. The molecule has 0 aliphatic carbocycles. The fourth-order valence-electron chi connectivity index (χ4n) is 0.616. The van der Waals surface area contributed by atoms with Crippen molar-refractivity contribution in [3.8, 4) is 0 Å². The molecular weight excluding hydrogens is 135 g/mol. The summed E-state index contributed by atoms with van der Waals surface area (Å²) in [5, 5.41) is 8.29. The summed E-state index contributed by atoms with van der Waals surface area (Å²) in [6.45, 7) is 3.00. The molecule has 10 heavy (non-hydrogen) atoms. The Morgan fingerprint density at radius 3 is 2.50 bits per heavy atom. The number of rotatable bonds is 4. The third kappa shape index (κ3) is 2.80. The van der Waals surface area contributed by atoms with Gasteiger partial charge in [0.15, 0.2) is 0 Å². The van der Waals surface area contributed by atoms with Gasteiger partial charge in [0, 0.05) is 0 Å². The highest BCUT2D eigenvalue weighted by molar-refractivity contribution is 5.76. The van der Waals surface area contributed by atoms with E-state index in [1.807, 2.05) is 6.92 Å². The predicted octanol–water partition coefficient (Wildman–Crippen LogP) is 1.99. The molecule has 0 amide bonds. The van der Waals surface area contributed by atoms with Crippen LogP contribution in [0.2, 0.25) is 0 Å². The number of unbranched alkanes of at least 4 members (excludes halogenated alkanes) is 1. The van der Waals surface area contributed by atoms with Crippen LogP contribution in [0.4, 0.5) is 4.39 Å². The standard InChI is InChI=1S/C7H13FO2/c1-3-4-5-7(2,8)6(9)10/h3-5H2,1-2H3,(H,9,10). The molecule has 0 aromatic heterocycles. The highest BCUT2D eigenvalue weighted by Gasteiger charge is 2.31. The fraction of sp³-hybridized carbons (Fsp3) is 0.857. The molecule has 1 atom stereocenters. The van der Waals surface area contributed by atoms with Crippen LogP contribution in [0, 0.1) is 0 Å². The molecule has 0 bridgehead atoms. The normalized spacial score (nSPS) is 16.3. The highest BCUT2D eigenvalue weighted by atomic mass is 19.1. The molecule has 60 valence electrons. The molecule has 0 aromatic rings. The molecule has 0 fully saturated rings. The third-order valence-electron chi connectivity index (χ3n) is 1.45. The summed E-state index contributed by atoms with van der Waals surface area (Å²) in [5.41, 5.74) is -2.03. The van der Waals surface area contributed by atoms with Crippen LogP contribution >= 0.6 is 0 Å². The summed E-state index contributed by atoms with van der Waals surface area (Å²) < 4.78 is 12.8. The van der Waals surface area contributed by atoms with Gasteiger partial charge in [0.25, 0.3) is 0 Å². The lowest BCUT2D eigenvalue weighted by molar-refractivity contribution is -0.150. The van der Waals surface area contributed by atoms with Crippen LogP contribution in [-0.4, -0.2) is 16.7 Å². The van der Waals surface area contributed by atoms with Crippen molar-refractivity contribution in [2.45, 2.75) is 38.8 Å². The molecule has 0 heterocycles. The number of carbonyl (C=O) groups is 1. The van der Waals surface area contributed by atoms with Crippen LogP contribution in [-0.2, 0) is 4.79 Å². The van der Waals surface area contributed by atoms with Gasteiger partial charge in [-0.05, 0) is 19.8 Å². The molecule has 0 saturated carbocycles. The van der Waals surface area contributed by atoms with Crippen LogP contribution < -0.4 is 0 Å². The van der Waals surface area contributed by atoms with Crippen molar-refractivity contribution >= 4 is 5.97 Å². The summed E-state index contributed by atoms with van der Waals surface area (Å²) >= 11 is 0. The third-order valence-corrected chi connectivity index (χ3v) is 1.45. The zero-order valence-electron chi connectivity index (χ0n) is 6.35. The van der Waals surface area contributed by atoms with Gasteiger partial charge in [-0.25, -0.2) is 9.18 Å². The molecule has 3 heteroatoms. The Kier molecular flexibility index (Phi) is 3.33. The van der Waals surface area contributed by atoms with Crippen molar-refractivity contribution in [1.82, 2.24) is 0 Å². The van der Waals surface area contributed by atoms with E-state index in [9.17, 15) is 9.18 Å². The van der Waals surface area contributed by atoms with Gasteiger partial charge in [0.05, 0.1) is 0 Å². The monoisotopic (exact) mass is 148 g/mol. The van der Waals surface area contributed by atoms with Crippen molar-refractivity contribution in [2.24, 2.45) is 0 Å². The number of carboxylic acids is 1. The number of aliphatic carboxylic acids is 1. The highest BCUT2D eigenvalue weighted by Crippen LogP contribution is 2.18. The minimum atomic E-state index is -2.03. The van der Waals surface area contributed by atoms with Gasteiger partial charge in [0.1, 0.15) is 0 Å². The second-order valence-electron chi connectivity index (χ2n) is 2.61. The number of hydrogen-bond acceptors (Lipinski definition) is 1. The first-order valence-corrected chi connectivity index (χ1v) is 3.43. The molecule has 1 unspecified atom stereocenters. The molecule has 0 aliphatic heterocycles. The van der Waals surface area contributed by atoms with E-state index in [2.05, 4.69) is 0 Å². The molecule has 1 N–H and O–H groups in total. The molecule has 0 saturated heterocycles. The average Bonchev–Trinajstić information content (AvgIpc) is 1.84. The second kappa shape index (κ2) is 3.54. The SMILES string of the molecule is CCCCC(C)(F)C(=O)O. The van der Waals surface area contributed by atoms with Crippen LogP contribution in [0.15, 0.2) is 0 Å². The van der Waals surface area contributed by atoms with Crippen molar-refractivity contribution in [2.75, 3.05) is 0 Å². The van der Waals surface area contributed by atoms with E-state index in [-0.39, 0.29) is 6.42 Å². The summed E-state index contributed by atoms with van der Waals surface area (Å²) in [6, 6.07) is 0. The van der Waals surface area contributed by atoms with Gasteiger partial charge < -0.3 is 5.11 Å². The van der Waals surface area contributed by atoms with Gasteiger partial charge in [-0.2, -0.15) is 0 Å². The maximum absolute atomic E-state index is 12.8. The Balaban J connectivity index is 3.75. The number of alkyl halides is 1. The van der Waals surface area contributed by atoms with E-state index >= 15 is 0 Å². The molecule has 0 spiro atoms. The van der Waals surface area contributed by atoms with Gasteiger partial charge in [0.2, 0.25) is 5.67 Å². The van der Waals surface area contributed by atoms with Crippen molar-refractivity contribution in [3.05, 3.63) is 0 Å². The maximum atomic E-state index is 12.8. The fourth-order valence-corrected chi connectivity index (χ4v) is 0.616. The summed E-state index contributed by atoms with van der Waals surface area (Å²) in [6.07, 6.45) is 1.56. The topological polar surface area (TPSA) is 37.3 Å². The maximum Gasteiger partial charge on any atom is 0.341 e. The molecule has 0 radical (unpaired) electrons. The van der Waals surface area contributed by atoms with Gasteiger partial charge >= 0.3 is 5.97 Å². The van der Waals surface area contributed by atoms with Crippen LogP contribution in [0.5, 0.6) is 0 Å². The van der Waals surface area contributed by atoms with Crippen LogP contribution in [0.1, 0.15) is 33.1 Å². The average molecular weight is 148 g/mol. The number of halogens is 1. The lowest BCUT2D eigenvalue weighted by Gasteiger charge is -2.13. The molecule has 0 aromatic carbocycles. The Bertz CT molecular complexity index is 121. The largest absolute Gasteiger partial charge is 0.479 e. The van der Waals surface area contributed by atoms with E-state index in [4.69, 9.17) is 5.11 Å². The van der Waals surface area contributed by atoms with E-state index in [0.29, 0.717) is 6.42 Å². The molecule has 0 rings (SSSR count). The first-order valence-electron chi connectivity index (χ1n) is 3.43. The summed E-state index contributed by atoms with van der Waals surface area (Å²) in [4.78, 5) is 10.2. The van der Waals surface area contributed by atoms with Gasteiger partial charge in [-0.3, -0.25) is 0 Å². The predicted molar refractivity (Wildman–Crippen MR) is 36.7 cm³/mol. The quantitative estimate of drug-likeness (QED) is 0.662. The van der Waals surface area contributed by atoms with E-state index in [0.717, 1.165) is 13.3 Å². The first kappa shape index (κ1) is 9.40. The number of carboxylic acid groups (broad SMARTS) is 1. The Morgan fingerprint density at radius 2 is 2.20 bits per heavy atom. The summed E-state index contributed by atoms with van der Waals surface area (Å²) in [5.74, 6) is -1.36. The van der Waals surface area contributed by atoms with Crippen LogP contribution in [0.3, 0.4) is 0 Å². The van der Waals surface area contributed by atoms with Gasteiger partial charge in [-0.15, -0.1) is 0 Å². The van der Waals surface area contributed by atoms with Crippen molar-refractivity contribution in [1.29, 1.82) is 0 Å². The minimum Gasteiger partial charge on any atom is -0.479 e. The zero-order chi connectivity index (χ0) is 8.20. The Morgan fingerprint density at radius 1 is 1.70 bits per heavy atom. The first-order chi connectivity index (χ1) is 4.50. The van der Waals surface area contributed by atoms with Gasteiger partial charge in [-0.1, -0.05) is 13.3 Å². The van der Waals surface area contributed by atoms with E-state index < -0.39 is 11.6 Å². The second-order valence-corrected chi connectivity index (χ2v) is 2.61. The van der Waals surface area contributed by atoms with Crippen LogP contribution in [0.25, 0.3) is 0 Å².